The lowest BCUT2D eigenvalue weighted by atomic mass is 9.84. The standard InChI is InChI=1S/C19H27N5O/c1-12-8-13(2)24(21-12)11-23-7-6-18(22-23)19(25)20-14(3)17-10-15-4-5-16(17)9-15/h6-8,14-17H,4-5,9-11H2,1-3H3,(H,20,25). The topological polar surface area (TPSA) is 64.7 Å². The Kier molecular flexibility index (Phi) is 4.13. The van der Waals surface area contributed by atoms with Gasteiger partial charge in [0.05, 0.1) is 5.69 Å². The van der Waals surface area contributed by atoms with E-state index >= 15 is 0 Å². The van der Waals surface area contributed by atoms with Crippen LogP contribution >= 0.6 is 0 Å². The number of hydrogen-bond acceptors (Lipinski definition) is 3. The first-order chi connectivity index (χ1) is 12.0. The van der Waals surface area contributed by atoms with Crippen LogP contribution in [0.15, 0.2) is 18.3 Å². The molecule has 134 valence electrons. The van der Waals surface area contributed by atoms with Crippen molar-refractivity contribution in [1.29, 1.82) is 0 Å². The summed E-state index contributed by atoms with van der Waals surface area (Å²) < 4.78 is 3.65. The van der Waals surface area contributed by atoms with E-state index in [9.17, 15) is 4.79 Å². The van der Waals surface area contributed by atoms with Crippen LogP contribution in [0.5, 0.6) is 0 Å². The number of aromatic nitrogens is 4. The van der Waals surface area contributed by atoms with Crippen LogP contribution < -0.4 is 5.32 Å². The third-order valence-electron chi connectivity index (χ3n) is 6.05. The maximum Gasteiger partial charge on any atom is 0.271 e. The van der Waals surface area contributed by atoms with E-state index in [2.05, 4.69) is 22.4 Å². The second kappa shape index (κ2) is 6.32. The number of nitrogens with one attached hydrogen (secondary N) is 1. The molecule has 0 saturated heterocycles. The summed E-state index contributed by atoms with van der Waals surface area (Å²) in [4.78, 5) is 12.5. The van der Waals surface area contributed by atoms with Gasteiger partial charge in [-0.2, -0.15) is 10.2 Å². The number of amides is 1. The molecule has 1 amide bonds. The molecule has 0 aromatic carbocycles. The van der Waals surface area contributed by atoms with Gasteiger partial charge in [0.25, 0.3) is 5.91 Å². The molecule has 25 heavy (non-hydrogen) atoms. The Morgan fingerprint density at radius 3 is 2.80 bits per heavy atom. The van der Waals surface area contributed by atoms with Gasteiger partial charge in [0.2, 0.25) is 0 Å². The van der Waals surface area contributed by atoms with Gasteiger partial charge in [0, 0.05) is 17.9 Å². The van der Waals surface area contributed by atoms with Gasteiger partial charge in [-0.15, -0.1) is 0 Å². The van der Waals surface area contributed by atoms with Crippen LogP contribution in [0.2, 0.25) is 0 Å². The SMILES string of the molecule is Cc1cc(C)n(Cn2ccc(C(=O)NC(C)C3CC4CCC3C4)n2)n1. The summed E-state index contributed by atoms with van der Waals surface area (Å²) in [5.41, 5.74) is 2.56. The lowest BCUT2D eigenvalue weighted by Gasteiger charge is -2.28. The third kappa shape index (κ3) is 3.22. The van der Waals surface area contributed by atoms with Crippen molar-refractivity contribution in [3.05, 3.63) is 35.4 Å². The molecule has 2 aliphatic carbocycles. The van der Waals surface area contributed by atoms with Crippen molar-refractivity contribution in [2.24, 2.45) is 17.8 Å². The van der Waals surface area contributed by atoms with Crippen molar-refractivity contribution in [2.75, 3.05) is 0 Å². The number of hydrogen-bond donors (Lipinski definition) is 1. The molecule has 2 aliphatic rings. The summed E-state index contributed by atoms with van der Waals surface area (Å²) in [6.45, 7) is 6.67. The van der Waals surface area contributed by atoms with E-state index in [1.807, 2.05) is 30.8 Å². The summed E-state index contributed by atoms with van der Waals surface area (Å²) in [6.07, 6.45) is 7.21. The zero-order chi connectivity index (χ0) is 17.6. The average Bonchev–Trinajstić information content (AvgIpc) is 3.33. The molecule has 2 saturated carbocycles. The van der Waals surface area contributed by atoms with Crippen molar-refractivity contribution in [3.8, 4) is 0 Å². The maximum absolute atomic E-state index is 12.5. The summed E-state index contributed by atoms with van der Waals surface area (Å²) >= 11 is 0. The Morgan fingerprint density at radius 1 is 1.32 bits per heavy atom. The Morgan fingerprint density at radius 2 is 2.16 bits per heavy atom. The number of nitrogens with zero attached hydrogens (tertiary/aromatic N) is 4. The number of carbonyl (C=O) groups is 1. The average molecular weight is 341 g/mol. The van der Waals surface area contributed by atoms with Gasteiger partial charge in [0.15, 0.2) is 0 Å². The molecule has 2 heterocycles. The van der Waals surface area contributed by atoms with E-state index in [1.54, 1.807) is 10.7 Å². The smallest absolute Gasteiger partial charge is 0.271 e. The summed E-state index contributed by atoms with van der Waals surface area (Å²) in [7, 11) is 0. The Hall–Kier alpha value is -2.11. The number of aryl methyl sites for hydroxylation is 2. The van der Waals surface area contributed by atoms with Crippen molar-refractivity contribution in [2.45, 2.75) is 59.2 Å². The largest absolute Gasteiger partial charge is 0.348 e. The highest BCUT2D eigenvalue weighted by atomic mass is 16.2. The van der Waals surface area contributed by atoms with E-state index in [-0.39, 0.29) is 11.9 Å². The molecule has 2 fully saturated rings. The van der Waals surface area contributed by atoms with Crippen LogP contribution in [0.3, 0.4) is 0 Å². The van der Waals surface area contributed by atoms with Crippen molar-refractivity contribution in [1.82, 2.24) is 24.9 Å². The highest BCUT2D eigenvalue weighted by Gasteiger charge is 2.42. The molecular formula is C19H27N5O. The predicted octanol–water partition coefficient (Wildman–Crippen LogP) is 2.76. The maximum atomic E-state index is 12.5. The minimum Gasteiger partial charge on any atom is -0.348 e. The lowest BCUT2D eigenvalue weighted by molar-refractivity contribution is 0.0909. The van der Waals surface area contributed by atoms with Gasteiger partial charge in [-0.05, 0) is 69.9 Å². The molecule has 6 heteroatoms. The van der Waals surface area contributed by atoms with Gasteiger partial charge >= 0.3 is 0 Å². The zero-order valence-electron chi connectivity index (χ0n) is 15.3. The monoisotopic (exact) mass is 341 g/mol. The van der Waals surface area contributed by atoms with E-state index < -0.39 is 0 Å². The molecule has 6 nitrogen and oxygen atoms in total. The van der Waals surface area contributed by atoms with Gasteiger partial charge < -0.3 is 5.32 Å². The Balaban J connectivity index is 1.38. The van der Waals surface area contributed by atoms with Gasteiger partial charge in [-0.3, -0.25) is 9.48 Å². The van der Waals surface area contributed by atoms with Crippen LogP contribution in [-0.2, 0) is 6.67 Å². The fraction of sp³-hybridized carbons (Fsp3) is 0.632. The number of carbonyl (C=O) groups excluding carboxylic acids is 1. The van der Waals surface area contributed by atoms with Crippen LogP contribution in [0.1, 0.15) is 54.5 Å². The highest BCUT2D eigenvalue weighted by Crippen LogP contribution is 2.49. The van der Waals surface area contributed by atoms with Crippen molar-refractivity contribution >= 4 is 5.91 Å². The molecule has 4 atom stereocenters. The molecule has 4 rings (SSSR count). The molecule has 2 aromatic rings. The number of rotatable bonds is 5. The second-order valence-electron chi connectivity index (χ2n) is 7.91. The first-order valence-corrected chi connectivity index (χ1v) is 9.35. The normalized spacial score (nSPS) is 26.1. The Labute approximate surface area is 148 Å². The minimum absolute atomic E-state index is 0.0672. The first-order valence-electron chi connectivity index (χ1n) is 9.35. The second-order valence-corrected chi connectivity index (χ2v) is 7.91. The molecule has 1 N–H and O–H groups in total. The Bertz CT molecular complexity index is 777. The molecule has 0 spiro atoms. The highest BCUT2D eigenvalue weighted by molar-refractivity contribution is 5.92. The van der Waals surface area contributed by atoms with Gasteiger partial charge in [-0.25, -0.2) is 4.68 Å². The molecular weight excluding hydrogens is 314 g/mol. The van der Waals surface area contributed by atoms with E-state index in [4.69, 9.17) is 0 Å². The van der Waals surface area contributed by atoms with Crippen molar-refractivity contribution in [3.63, 3.8) is 0 Å². The predicted molar refractivity (Wildman–Crippen MR) is 95.2 cm³/mol. The lowest BCUT2D eigenvalue weighted by Crippen LogP contribution is -2.40. The summed E-state index contributed by atoms with van der Waals surface area (Å²) in [5, 5.41) is 12.0. The van der Waals surface area contributed by atoms with Crippen LogP contribution in [-0.4, -0.2) is 31.5 Å². The van der Waals surface area contributed by atoms with Crippen LogP contribution in [0.4, 0.5) is 0 Å². The quantitative estimate of drug-likeness (QED) is 0.909. The molecule has 0 aliphatic heterocycles. The fourth-order valence-corrected chi connectivity index (χ4v) is 4.81. The number of fused-ring (bicyclic) bond motifs is 2. The van der Waals surface area contributed by atoms with E-state index in [0.29, 0.717) is 18.3 Å². The van der Waals surface area contributed by atoms with Crippen molar-refractivity contribution < 1.29 is 4.79 Å². The zero-order valence-corrected chi connectivity index (χ0v) is 15.3. The molecule has 4 unspecified atom stereocenters. The third-order valence-corrected chi connectivity index (χ3v) is 6.05. The summed E-state index contributed by atoms with van der Waals surface area (Å²) in [5.74, 6) is 2.28. The minimum atomic E-state index is -0.0672. The first kappa shape index (κ1) is 16.4. The summed E-state index contributed by atoms with van der Waals surface area (Å²) in [6, 6.07) is 4.05. The molecule has 0 radical (unpaired) electrons. The van der Waals surface area contributed by atoms with Gasteiger partial charge in [-0.1, -0.05) is 6.42 Å². The fourth-order valence-electron chi connectivity index (χ4n) is 4.81. The van der Waals surface area contributed by atoms with Crippen LogP contribution in [0.25, 0.3) is 0 Å². The molecule has 2 aromatic heterocycles. The molecule has 2 bridgehead atoms. The van der Waals surface area contributed by atoms with E-state index in [1.165, 1.54) is 25.7 Å². The van der Waals surface area contributed by atoms with Gasteiger partial charge in [0.1, 0.15) is 12.4 Å². The van der Waals surface area contributed by atoms with Crippen LogP contribution in [0, 0.1) is 31.6 Å². The van der Waals surface area contributed by atoms with E-state index in [0.717, 1.165) is 23.2 Å².